The van der Waals surface area contributed by atoms with Gasteiger partial charge < -0.3 is 14.6 Å². The predicted octanol–water partition coefficient (Wildman–Crippen LogP) is 7.16. The molecule has 11 nitrogen and oxygen atoms in total. The van der Waals surface area contributed by atoms with Crippen molar-refractivity contribution >= 4 is 38.6 Å². The quantitative estimate of drug-likeness (QED) is 0.113. The Morgan fingerprint density at radius 1 is 0.956 bits per heavy atom. The van der Waals surface area contributed by atoms with Crippen molar-refractivity contribution < 1.29 is 28.9 Å². The van der Waals surface area contributed by atoms with Gasteiger partial charge in [-0.05, 0) is 74.5 Å². The van der Waals surface area contributed by atoms with E-state index < -0.39 is 16.9 Å². The topological polar surface area (TPSA) is 141 Å². The number of carboxylic acids is 1. The van der Waals surface area contributed by atoms with Gasteiger partial charge in [0.2, 0.25) is 5.75 Å². The molecule has 0 saturated carbocycles. The number of hydrogen-bond acceptors (Lipinski definition) is 9. The molecule has 1 atom stereocenters. The fourth-order valence-corrected chi connectivity index (χ4v) is 6.16. The Kier molecular flexibility index (Phi) is 9.03. The molecule has 45 heavy (non-hydrogen) atoms. The Hall–Kier alpha value is -4.81. The maximum Gasteiger partial charge on any atom is 0.320 e. The Labute approximate surface area is 266 Å². The highest BCUT2D eigenvalue weighted by Gasteiger charge is 2.30. The third kappa shape index (κ3) is 6.81. The van der Waals surface area contributed by atoms with Crippen LogP contribution in [0.4, 0.5) is 5.69 Å². The number of nitro benzene ring substituents is 1. The molecule has 5 aromatic rings. The van der Waals surface area contributed by atoms with E-state index in [0.29, 0.717) is 35.3 Å². The average molecular weight is 674 g/mol. The van der Waals surface area contributed by atoms with Crippen LogP contribution in [0.2, 0.25) is 0 Å². The van der Waals surface area contributed by atoms with Crippen LogP contribution < -0.4 is 9.47 Å². The van der Waals surface area contributed by atoms with E-state index in [0.717, 1.165) is 39.6 Å². The van der Waals surface area contributed by atoms with Gasteiger partial charge >= 0.3 is 11.7 Å². The highest BCUT2D eigenvalue weighted by Crippen LogP contribution is 2.38. The Bertz CT molecular complexity index is 1850. The van der Waals surface area contributed by atoms with Crippen LogP contribution >= 0.6 is 15.9 Å². The van der Waals surface area contributed by atoms with E-state index in [-0.39, 0.29) is 31.2 Å². The van der Waals surface area contributed by atoms with Crippen LogP contribution in [0.3, 0.4) is 0 Å². The molecule has 0 amide bonds. The zero-order chi connectivity index (χ0) is 31.3. The fraction of sp³-hybridized carbons (Fsp3) is 0.242. The number of aromatic nitrogens is 2. The molecule has 1 aliphatic rings. The molecule has 1 N–H and O–H groups in total. The molecular formula is C33H29BrN4O7. The Morgan fingerprint density at radius 3 is 2.56 bits per heavy atom. The molecule has 230 valence electrons. The van der Waals surface area contributed by atoms with Crippen LogP contribution in [0, 0.1) is 10.1 Å². The van der Waals surface area contributed by atoms with Crippen LogP contribution in [-0.4, -0.2) is 43.8 Å². The van der Waals surface area contributed by atoms with Crippen molar-refractivity contribution in [3.05, 3.63) is 110 Å². The second-order valence-electron chi connectivity index (χ2n) is 10.8. The number of nitro groups is 1. The molecular weight excluding hydrogens is 644 g/mol. The first-order valence-corrected chi connectivity index (χ1v) is 15.2. The molecule has 0 spiro atoms. The van der Waals surface area contributed by atoms with Crippen molar-refractivity contribution in [3.63, 3.8) is 0 Å². The smallest absolute Gasteiger partial charge is 0.320 e. The number of piperidine rings is 1. The number of nitrogens with zero attached hydrogens (tertiary/aromatic N) is 4. The van der Waals surface area contributed by atoms with Gasteiger partial charge in [-0.1, -0.05) is 61.0 Å². The van der Waals surface area contributed by atoms with E-state index in [4.69, 9.17) is 14.1 Å². The molecule has 1 fully saturated rings. The van der Waals surface area contributed by atoms with Gasteiger partial charge in [-0.25, -0.2) is 4.63 Å². The summed E-state index contributed by atoms with van der Waals surface area (Å²) in [6.45, 7) is 0.915. The summed E-state index contributed by atoms with van der Waals surface area (Å²) in [5, 5.41) is 29.8. The monoisotopic (exact) mass is 672 g/mol. The van der Waals surface area contributed by atoms with Gasteiger partial charge in [0, 0.05) is 34.3 Å². The summed E-state index contributed by atoms with van der Waals surface area (Å²) in [6.07, 6.45) is 2.16. The first kappa shape index (κ1) is 30.2. The number of ether oxygens (including phenoxy) is 2. The summed E-state index contributed by atoms with van der Waals surface area (Å²) in [7, 11) is 0. The lowest BCUT2D eigenvalue weighted by atomic mass is 10.0. The molecule has 1 aliphatic heterocycles. The van der Waals surface area contributed by atoms with Gasteiger partial charge in [-0.3, -0.25) is 19.8 Å². The van der Waals surface area contributed by atoms with E-state index in [9.17, 15) is 20.0 Å². The number of halogens is 1. The summed E-state index contributed by atoms with van der Waals surface area (Å²) in [5.74, 6) is -0.509. The van der Waals surface area contributed by atoms with E-state index >= 15 is 0 Å². The lowest BCUT2D eigenvalue weighted by Crippen LogP contribution is -2.44. The standard InChI is InChI=1S/C33H29BrN4O7/c34-32-23(9-6-10-25(32)22-7-2-1-3-8-22)20-44-31-17-30(43-19-21-12-13-26-27(15-21)36-45-35-26)24(16-29(31)38(41)42)18-37-14-5-4-11-28(37)33(39)40/h1-3,6-10,12-13,15-17,28H,4-5,11,14,18-20H2,(H,39,40)/t28-/m0/s1. The van der Waals surface area contributed by atoms with Gasteiger partial charge in [-0.15, -0.1) is 0 Å². The second-order valence-corrected chi connectivity index (χ2v) is 11.6. The van der Waals surface area contributed by atoms with Crippen molar-refractivity contribution in [2.24, 2.45) is 0 Å². The molecule has 4 aromatic carbocycles. The van der Waals surface area contributed by atoms with Crippen LogP contribution in [0.5, 0.6) is 11.5 Å². The first-order chi connectivity index (χ1) is 21.9. The van der Waals surface area contributed by atoms with Crippen LogP contribution in [0.1, 0.15) is 36.0 Å². The van der Waals surface area contributed by atoms with Gasteiger partial charge in [0.1, 0.15) is 36.0 Å². The lowest BCUT2D eigenvalue weighted by molar-refractivity contribution is -0.386. The highest BCUT2D eigenvalue weighted by atomic mass is 79.9. The normalized spacial score (nSPS) is 15.2. The number of hydrogen-bond donors (Lipinski definition) is 1. The molecule has 6 rings (SSSR count). The minimum Gasteiger partial charge on any atom is -0.488 e. The van der Waals surface area contributed by atoms with Crippen molar-refractivity contribution in [2.45, 2.75) is 45.1 Å². The minimum absolute atomic E-state index is 0.0420. The maximum absolute atomic E-state index is 12.3. The molecule has 12 heteroatoms. The van der Waals surface area contributed by atoms with Crippen molar-refractivity contribution in [3.8, 4) is 22.6 Å². The number of carbonyl (C=O) groups is 1. The first-order valence-electron chi connectivity index (χ1n) is 14.4. The second kappa shape index (κ2) is 13.4. The number of benzene rings is 4. The number of rotatable bonds is 11. The molecule has 2 heterocycles. The van der Waals surface area contributed by atoms with Crippen molar-refractivity contribution in [1.82, 2.24) is 15.2 Å². The van der Waals surface area contributed by atoms with E-state index in [2.05, 4.69) is 26.2 Å². The summed E-state index contributed by atoms with van der Waals surface area (Å²) < 4.78 is 18.0. The third-order valence-corrected chi connectivity index (χ3v) is 8.81. The van der Waals surface area contributed by atoms with Crippen LogP contribution in [0.25, 0.3) is 22.2 Å². The number of fused-ring (bicyclic) bond motifs is 1. The molecule has 1 aromatic heterocycles. The number of aliphatic carboxylic acids is 1. The minimum atomic E-state index is -0.913. The largest absolute Gasteiger partial charge is 0.488 e. The highest BCUT2D eigenvalue weighted by molar-refractivity contribution is 9.10. The zero-order valence-corrected chi connectivity index (χ0v) is 25.7. The van der Waals surface area contributed by atoms with Gasteiger partial charge in [0.05, 0.1) is 4.92 Å². The lowest BCUT2D eigenvalue weighted by Gasteiger charge is -2.33. The molecule has 0 bridgehead atoms. The summed E-state index contributed by atoms with van der Waals surface area (Å²) >= 11 is 3.69. The Morgan fingerprint density at radius 2 is 1.76 bits per heavy atom. The predicted molar refractivity (Wildman–Crippen MR) is 169 cm³/mol. The molecule has 0 radical (unpaired) electrons. The van der Waals surface area contributed by atoms with E-state index in [1.165, 1.54) is 12.1 Å². The summed E-state index contributed by atoms with van der Waals surface area (Å²) in [5.41, 5.74) is 5.04. The average Bonchev–Trinajstić information content (AvgIpc) is 3.52. The summed E-state index contributed by atoms with van der Waals surface area (Å²) in [6, 6.07) is 23.3. The Balaban J connectivity index is 1.32. The van der Waals surface area contributed by atoms with Gasteiger partial charge in [0.15, 0.2) is 0 Å². The van der Waals surface area contributed by atoms with Crippen LogP contribution in [0.15, 0.2) is 88.0 Å². The van der Waals surface area contributed by atoms with E-state index in [1.807, 2.05) is 59.5 Å². The number of likely N-dealkylation sites (tertiary alicyclic amines) is 1. The molecule has 0 unspecified atom stereocenters. The number of carboxylic acid groups (broad SMARTS) is 1. The fourth-order valence-electron chi connectivity index (χ4n) is 5.55. The van der Waals surface area contributed by atoms with E-state index in [1.54, 1.807) is 12.1 Å². The van der Waals surface area contributed by atoms with Gasteiger partial charge in [0.25, 0.3) is 0 Å². The molecule has 0 aliphatic carbocycles. The molecule has 1 saturated heterocycles. The SMILES string of the molecule is O=C(O)[C@@H]1CCCCN1Cc1cc([N+](=O)[O-])c(OCc2cccc(-c3ccccc3)c2Br)cc1OCc1ccc2nonc2c1. The summed E-state index contributed by atoms with van der Waals surface area (Å²) in [4.78, 5) is 25.6. The van der Waals surface area contributed by atoms with Crippen molar-refractivity contribution in [2.75, 3.05) is 6.54 Å². The van der Waals surface area contributed by atoms with Crippen molar-refractivity contribution in [1.29, 1.82) is 0 Å². The van der Waals surface area contributed by atoms with Crippen LogP contribution in [-0.2, 0) is 24.6 Å². The maximum atomic E-state index is 12.3. The zero-order valence-electron chi connectivity index (χ0n) is 24.1. The van der Waals surface area contributed by atoms with Gasteiger partial charge in [-0.2, -0.15) is 0 Å². The third-order valence-electron chi connectivity index (χ3n) is 7.87.